The fraction of sp³-hybridized carbons (Fsp3) is 0.375. The third-order valence-corrected chi connectivity index (χ3v) is 4.75. The summed E-state index contributed by atoms with van der Waals surface area (Å²) >= 11 is 7.50. The van der Waals surface area contributed by atoms with Gasteiger partial charge in [-0.2, -0.15) is 0 Å². The first-order chi connectivity index (χ1) is 10.4. The van der Waals surface area contributed by atoms with E-state index in [0.29, 0.717) is 24.5 Å². The first-order valence-electron chi connectivity index (χ1n) is 7.03. The van der Waals surface area contributed by atoms with Gasteiger partial charge in [0, 0.05) is 28.2 Å². The molecule has 0 saturated carbocycles. The van der Waals surface area contributed by atoms with Crippen molar-refractivity contribution in [1.82, 2.24) is 10.3 Å². The van der Waals surface area contributed by atoms with Crippen LogP contribution in [0, 0.1) is 5.41 Å². The second-order valence-corrected chi connectivity index (χ2v) is 7.31. The smallest absolute Gasteiger partial charge is 0.309 e. The van der Waals surface area contributed by atoms with Gasteiger partial charge in [0.05, 0.1) is 5.41 Å². The average molecular weight is 339 g/mol. The van der Waals surface area contributed by atoms with Crippen molar-refractivity contribution in [3.63, 3.8) is 0 Å². The van der Waals surface area contributed by atoms with Crippen LogP contribution in [0.15, 0.2) is 30.5 Å². The molecule has 22 heavy (non-hydrogen) atoms. The Kier molecular flexibility index (Phi) is 5.56. The summed E-state index contributed by atoms with van der Waals surface area (Å²) in [6.07, 6.45) is 2.44. The van der Waals surface area contributed by atoms with Gasteiger partial charge in [0.25, 0.3) is 0 Å². The van der Waals surface area contributed by atoms with Gasteiger partial charge in [-0.05, 0) is 38.9 Å². The highest BCUT2D eigenvalue weighted by atomic mass is 35.5. The lowest BCUT2D eigenvalue weighted by Crippen LogP contribution is -2.28. The van der Waals surface area contributed by atoms with Gasteiger partial charge in [-0.25, -0.2) is 4.98 Å². The van der Waals surface area contributed by atoms with E-state index in [0.717, 1.165) is 15.4 Å². The molecule has 0 aliphatic rings. The van der Waals surface area contributed by atoms with E-state index in [4.69, 9.17) is 16.7 Å². The number of rotatable bonds is 7. The molecule has 0 unspecified atom stereocenters. The molecule has 0 radical (unpaired) electrons. The minimum Gasteiger partial charge on any atom is -0.481 e. The summed E-state index contributed by atoms with van der Waals surface area (Å²) < 4.78 is 0. The minimum absolute atomic E-state index is 0.588. The molecule has 118 valence electrons. The van der Waals surface area contributed by atoms with Crippen LogP contribution in [-0.4, -0.2) is 22.6 Å². The number of carboxylic acids is 1. The van der Waals surface area contributed by atoms with Crippen molar-refractivity contribution >= 4 is 28.9 Å². The molecule has 1 aromatic carbocycles. The van der Waals surface area contributed by atoms with Crippen LogP contribution in [-0.2, 0) is 11.3 Å². The molecule has 0 atom stereocenters. The molecular formula is C16H19ClN2O2S. The zero-order valence-electron chi connectivity index (χ0n) is 12.6. The third-order valence-electron chi connectivity index (χ3n) is 3.45. The average Bonchev–Trinajstić information content (AvgIpc) is 2.93. The van der Waals surface area contributed by atoms with Gasteiger partial charge in [0.1, 0.15) is 5.01 Å². The maximum Gasteiger partial charge on any atom is 0.309 e. The van der Waals surface area contributed by atoms with Gasteiger partial charge in [0.15, 0.2) is 0 Å². The number of aromatic nitrogens is 1. The van der Waals surface area contributed by atoms with Crippen LogP contribution in [0.4, 0.5) is 0 Å². The van der Waals surface area contributed by atoms with E-state index in [1.54, 1.807) is 25.2 Å². The predicted molar refractivity (Wildman–Crippen MR) is 90.3 cm³/mol. The maximum absolute atomic E-state index is 11.0. The Morgan fingerprint density at radius 3 is 2.68 bits per heavy atom. The molecule has 0 saturated heterocycles. The molecule has 0 spiro atoms. The SMILES string of the molecule is CC(C)(CCNCc1cnc(-c2ccc(Cl)cc2)s1)C(=O)O. The lowest BCUT2D eigenvalue weighted by Gasteiger charge is -2.18. The monoisotopic (exact) mass is 338 g/mol. The molecule has 1 aromatic heterocycles. The molecule has 4 nitrogen and oxygen atoms in total. The molecule has 2 rings (SSSR count). The lowest BCUT2D eigenvalue weighted by molar-refractivity contribution is -0.147. The van der Waals surface area contributed by atoms with Gasteiger partial charge in [0.2, 0.25) is 0 Å². The molecule has 1 heterocycles. The second-order valence-electron chi connectivity index (χ2n) is 5.75. The van der Waals surface area contributed by atoms with E-state index in [9.17, 15) is 4.79 Å². The van der Waals surface area contributed by atoms with Crippen molar-refractivity contribution in [2.75, 3.05) is 6.54 Å². The topological polar surface area (TPSA) is 62.2 Å². The van der Waals surface area contributed by atoms with Crippen LogP contribution in [0.2, 0.25) is 5.02 Å². The van der Waals surface area contributed by atoms with Gasteiger partial charge in [-0.15, -0.1) is 11.3 Å². The summed E-state index contributed by atoms with van der Waals surface area (Å²) in [5.41, 5.74) is 0.350. The minimum atomic E-state index is -0.767. The van der Waals surface area contributed by atoms with Crippen LogP contribution in [0.5, 0.6) is 0 Å². The van der Waals surface area contributed by atoms with Gasteiger partial charge >= 0.3 is 5.97 Å². The van der Waals surface area contributed by atoms with Crippen molar-refractivity contribution in [3.8, 4) is 10.6 Å². The van der Waals surface area contributed by atoms with Crippen LogP contribution >= 0.6 is 22.9 Å². The molecule has 0 amide bonds. The number of carbonyl (C=O) groups is 1. The Morgan fingerprint density at radius 1 is 1.36 bits per heavy atom. The first kappa shape index (κ1) is 16.9. The molecule has 6 heteroatoms. The third kappa shape index (κ3) is 4.53. The number of carboxylic acid groups (broad SMARTS) is 1. The molecule has 0 aliphatic heterocycles. The highest BCUT2D eigenvalue weighted by molar-refractivity contribution is 7.15. The number of aliphatic carboxylic acids is 1. The lowest BCUT2D eigenvalue weighted by atomic mass is 9.90. The fourth-order valence-corrected chi connectivity index (χ4v) is 2.85. The Morgan fingerprint density at radius 2 is 2.05 bits per heavy atom. The summed E-state index contributed by atoms with van der Waals surface area (Å²) in [6, 6.07) is 7.61. The normalized spacial score (nSPS) is 11.6. The standard InChI is InChI=1S/C16H19ClN2O2S/c1-16(2,15(20)21)7-8-18-9-13-10-19-14(22-13)11-3-5-12(17)6-4-11/h3-6,10,18H,7-9H2,1-2H3,(H,20,21). The number of hydrogen-bond donors (Lipinski definition) is 2. The van der Waals surface area contributed by atoms with Crippen LogP contribution in [0.3, 0.4) is 0 Å². The highest BCUT2D eigenvalue weighted by Gasteiger charge is 2.26. The van der Waals surface area contributed by atoms with Crippen molar-refractivity contribution in [2.45, 2.75) is 26.8 Å². The van der Waals surface area contributed by atoms with E-state index in [1.807, 2.05) is 30.5 Å². The Hall–Kier alpha value is -1.43. The van der Waals surface area contributed by atoms with Gasteiger partial charge in [-0.1, -0.05) is 23.7 Å². The van der Waals surface area contributed by atoms with Gasteiger partial charge < -0.3 is 10.4 Å². The second kappa shape index (κ2) is 7.22. The number of hydrogen-bond acceptors (Lipinski definition) is 4. The Balaban J connectivity index is 1.85. The Labute approximate surface area is 139 Å². The number of halogens is 1. The van der Waals surface area contributed by atoms with E-state index < -0.39 is 11.4 Å². The number of benzene rings is 1. The fourth-order valence-electron chi connectivity index (χ4n) is 1.83. The van der Waals surface area contributed by atoms with Crippen LogP contribution < -0.4 is 5.32 Å². The van der Waals surface area contributed by atoms with Crippen LogP contribution in [0.1, 0.15) is 25.1 Å². The number of nitrogens with zero attached hydrogens (tertiary/aromatic N) is 1. The van der Waals surface area contributed by atoms with Crippen molar-refractivity contribution in [3.05, 3.63) is 40.4 Å². The van der Waals surface area contributed by atoms with E-state index in [1.165, 1.54) is 0 Å². The molecule has 2 N–H and O–H groups in total. The quantitative estimate of drug-likeness (QED) is 0.747. The highest BCUT2D eigenvalue weighted by Crippen LogP contribution is 2.26. The summed E-state index contributed by atoms with van der Waals surface area (Å²) in [6.45, 7) is 4.83. The first-order valence-corrected chi connectivity index (χ1v) is 8.23. The number of thiazole rings is 1. The predicted octanol–water partition coefficient (Wildman–Crippen LogP) is 4.05. The van der Waals surface area contributed by atoms with Crippen LogP contribution in [0.25, 0.3) is 10.6 Å². The van der Waals surface area contributed by atoms with E-state index >= 15 is 0 Å². The van der Waals surface area contributed by atoms with E-state index in [-0.39, 0.29) is 0 Å². The van der Waals surface area contributed by atoms with Gasteiger partial charge in [-0.3, -0.25) is 4.79 Å². The molecule has 2 aromatic rings. The summed E-state index contributed by atoms with van der Waals surface area (Å²) in [5.74, 6) is -0.767. The Bertz CT molecular complexity index is 638. The van der Waals surface area contributed by atoms with E-state index in [2.05, 4.69) is 10.3 Å². The van der Waals surface area contributed by atoms with Crippen molar-refractivity contribution in [1.29, 1.82) is 0 Å². The number of nitrogens with one attached hydrogen (secondary N) is 1. The zero-order valence-corrected chi connectivity index (χ0v) is 14.2. The van der Waals surface area contributed by atoms with Crippen molar-refractivity contribution in [2.24, 2.45) is 5.41 Å². The molecule has 0 fully saturated rings. The summed E-state index contributed by atoms with van der Waals surface area (Å²) in [5, 5.41) is 14.0. The summed E-state index contributed by atoms with van der Waals surface area (Å²) in [4.78, 5) is 16.6. The largest absolute Gasteiger partial charge is 0.481 e. The summed E-state index contributed by atoms with van der Waals surface area (Å²) in [7, 11) is 0. The molecule has 0 bridgehead atoms. The van der Waals surface area contributed by atoms with Crippen molar-refractivity contribution < 1.29 is 9.90 Å². The molecular weight excluding hydrogens is 320 g/mol. The zero-order chi connectivity index (χ0) is 16.2. The molecule has 0 aliphatic carbocycles. The maximum atomic E-state index is 11.0.